The number of thiophene rings is 1. The second-order valence-corrected chi connectivity index (χ2v) is 5.37. The van der Waals surface area contributed by atoms with Crippen LogP contribution in [-0.4, -0.2) is 0 Å². The second-order valence-electron chi connectivity index (χ2n) is 4.45. The molecule has 0 unspecified atom stereocenters. The van der Waals surface area contributed by atoms with Gasteiger partial charge >= 0.3 is 0 Å². The molecule has 1 nitrogen and oxygen atoms in total. The maximum absolute atomic E-state index is 5.61. The van der Waals surface area contributed by atoms with Gasteiger partial charge in [-0.15, -0.1) is 11.3 Å². The van der Waals surface area contributed by atoms with Crippen LogP contribution in [0.1, 0.15) is 16.7 Å². The summed E-state index contributed by atoms with van der Waals surface area (Å²) in [5.74, 6) is 0. The van der Waals surface area contributed by atoms with Crippen molar-refractivity contribution in [3.63, 3.8) is 0 Å². The van der Waals surface area contributed by atoms with Gasteiger partial charge in [0.1, 0.15) is 0 Å². The number of fused-ring (bicyclic) bond motifs is 1. The van der Waals surface area contributed by atoms with E-state index >= 15 is 0 Å². The highest BCUT2D eigenvalue weighted by molar-refractivity contribution is 7.17. The minimum atomic E-state index is 0.612. The average Bonchev–Trinajstić information content (AvgIpc) is 2.89. The Morgan fingerprint density at radius 2 is 1.67 bits per heavy atom. The Morgan fingerprint density at radius 3 is 2.44 bits per heavy atom. The Kier molecular flexibility index (Phi) is 3.13. The molecule has 1 heterocycles. The van der Waals surface area contributed by atoms with Crippen molar-refractivity contribution < 1.29 is 0 Å². The van der Waals surface area contributed by atoms with Gasteiger partial charge in [-0.3, -0.25) is 0 Å². The number of hydrogen-bond donors (Lipinski definition) is 1. The van der Waals surface area contributed by atoms with E-state index in [1.54, 1.807) is 0 Å². The molecule has 0 aliphatic heterocycles. The molecule has 0 radical (unpaired) electrons. The zero-order valence-electron chi connectivity index (χ0n) is 10.1. The first kappa shape index (κ1) is 11.5. The maximum atomic E-state index is 5.61. The second kappa shape index (κ2) is 4.92. The molecule has 3 aromatic rings. The van der Waals surface area contributed by atoms with E-state index in [1.807, 2.05) is 11.3 Å². The first-order valence-corrected chi connectivity index (χ1v) is 6.98. The van der Waals surface area contributed by atoms with Crippen LogP contribution in [0.25, 0.3) is 10.1 Å². The molecule has 0 atom stereocenters. The Balaban J connectivity index is 1.93. The van der Waals surface area contributed by atoms with E-state index in [4.69, 9.17) is 5.73 Å². The molecule has 3 rings (SSSR count). The average molecular weight is 253 g/mol. The van der Waals surface area contributed by atoms with Gasteiger partial charge in [0.2, 0.25) is 0 Å². The van der Waals surface area contributed by atoms with Gasteiger partial charge in [-0.1, -0.05) is 42.5 Å². The fourth-order valence-electron chi connectivity index (χ4n) is 2.21. The molecule has 0 saturated carbocycles. The Bertz CT molecular complexity index is 652. The highest BCUT2D eigenvalue weighted by Crippen LogP contribution is 2.26. The SMILES string of the molecule is NCc1ccc(Cc2cccc3ccsc23)cc1. The largest absolute Gasteiger partial charge is 0.326 e. The molecule has 0 fully saturated rings. The van der Waals surface area contributed by atoms with Crippen LogP contribution in [0.15, 0.2) is 53.9 Å². The zero-order valence-corrected chi connectivity index (χ0v) is 10.9. The quantitative estimate of drug-likeness (QED) is 0.751. The van der Waals surface area contributed by atoms with Gasteiger partial charge in [0.05, 0.1) is 0 Å². The van der Waals surface area contributed by atoms with Gasteiger partial charge in [0.15, 0.2) is 0 Å². The molecule has 0 amide bonds. The van der Waals surface area contributed by atoms with E-state index in [-0.39, 0.29) is 0 Å². The first-order chi connectivity index (χ1) is 8.86. The smallest absolute Gasteiger partial charge is 0.0378 e. The van der Waals surface area contributed by atoms with E-state index < -0.39 is 0 Å². The summed E-state index contributed by atoms with van der Waals surface area (Å²) in [7, 11) is 0. The van der Waals surface area contributed by atoms with Crippen LogP contribution in [0.3, 0.4) is 0 Å². The van der Waals surface area contributed by atoms with E-state index in [2.05, 4.69) is 53.9 Å². The summed E-state index contributed by atoms with van der Waals surface area (Å²) >= 11 is 1.82. The molecule has 0 aliphatic rings. The van der Waals surface area contributed by atoms with Crippen molar-refractivity contribution in [2.24, 2.45) is 5.73 Å². The van der Waals surface area contributed by atoms with Crippen molar-refractivity contribution in [3.8, 4) is 0 Å². The molecule has 90 valence electrons. The summed E-state index contributed by atoms with van der Waals surface area (Å²) in [6.07, 6.45) is 0.989. The molecule has 2 heteroatoms. The highest BCUT2D eigenvalue weighted by Gasteiger charge is 2.03. The minimum absolute atomic E-state index is 0.612. The van der Waals surface area contributed by atoms with E-state index in [0.29, 0.717) is 6.54 Å². The van der Waals surface area contributed by atoms with Gasteiger partial charge in [0, 0.05) is 11.2 Å². The van der Waals surface area contributed by atoms with Crippen LogP contribution in [0.2, 0.25) is 0 Å². The van der Waals surface area contributed by atoms with Crippen molar-refractivity contribution >= 4 is 21.4 Å². The van der Waals surface area contributed by atoms with Gasteiger partial charge in [-0.05, 0) is 39.9 Å². The van der Waals surface area contributed by atoms with Crippen molar-refractivity contribution in [3.05, 3.63) is 70.6 Å². The van der Waals surface area contributed by atoms with Crippen molar-refractivity contribution in [1.82, 2.24) is 0 Å². The van der Waals surface area contributed by atoms with Gasteiger partial charge < -0.3 is 5.73 Å². The molecule has 18 heavy (non-hydrogen) atoms. The Hall–Kier alpha value is -1.64. The summed E-state index contributed by atoms with van der Waals surface area (Å²) < 4.78 is 1.40. The fourth-order valence-corrected chi connectivity index (χ4v) is 3.12. The summed E-state index contributed by atoms with van der Waals surface area (Å²) in [5.41, 5.74) is 9.55. The number of rotatable bonds is 3. The van der Waals surface area contributed by atoms with Gasteiger partial charge in [-0.2, -0.15) is 0 Å². The maximum Gasteiger partial charge on any atom is 0.0378 e. The van der Waals surface area contributed by atoms with Crippen molar-refractivity contribution in [1.29, 1.82) is 0 Å². The number of hydrogen-bond acceptors (Lipinski definition) is 2. The van der Waals surface area contributed by atoms with Gasteiger partial charge in [0.25, 0.3) is 0 Å². The van der Waals surface area contributed by atoms with Crippen molar-refractivity contribution in [2.45, 2.75) is 13.0 Å². The highest BCUT2D eigenvalue weighted by atomic mass is 32.1. The van der Waals surface area contributed by atoms with Gasteiger partial charge in [-0.25, -0.2) is 0 Å². The monoisotopic (exact) mass is 253 g/mol. The topological polar surface area (TPSA) is 26.0 Å². The van der Waals surface area contributed by atoms with E-state index in [0.717, 1.165) is 6.42 Å². The summed E-state index contributed by atoms with van der Waals surface area (Å²) in [5, 5.41) is 3.50. The molecule has 0 bridgehead atoms. The number of nitrogens with two attached hydrogens (primary N) is 1. The third-order valence-corrected chi connectivity index (χ3v) is 4.22. The van der Waals surface area contributed by atoms with Crippen molar-refractivity contribution in [2.75, 3.05) is 0 Å². The lowest BCUT2D eigenvalue weighted by molar-refractivity contribution is 1.06. The third kappa shape index (κ3) is 2.17. The molecule has 2 N–H and O–H groups in total. The van der Waals surface area contributed by atoms with E-state index in [9.17, 15) is 0 Å². The lowest BCUT2D eigenvalue weighted by atomic mass is 10.0. The molecule has 0 aliphatic carbocycles. The molecule has 0 spiro atoms. The Labute approximate surface area is 111 Å². The van der Waals surface area contributed by atoms with Crippen LogP contribution in [0.4, 0.5) is 0 Å². The summed E-state index contributed by atoms with van der Waals surface area (Å²) in [4.78, 5) is 0. The molecular formula is C16H15NS. The lowest BCUT2D eigenvalue weighted by Gasteiger charge is -2.05. The molecule has 1 aromatic heterocycles. The van der Waals surface area contributed by atoms with E-state index in [1.165, 1.54) is 26.8 Å². The minimum Gasteiger partial charge on any atom is -0.326 e. The summed E-state index contributed by atoms with van der Waals surface area (Å²) in [6, 6.07) is 17.3. The standard InChI is InChI=1S/C16H15NS/c17-11-13-6-4-12(5-7-13)10-15-3-1-2-14-8-9-18-16(14)15/h1-9H,10-11,17H2. The van der Waals surface area contributed by atoms with Crippen LogP contribution in [0.5, 0.6) is 0 Å². The molecule has 0 saturated heterocycles. The summed E-state index contributed by atoms with van der Waals surface area (Å²) in [6.45, 7) is 0.612. The van der Waals surface area contributed by atoms with Crippen LogP contribution >= 0.6 is 11.3 Å². The normalized spacial score (nSPS) is 10.9. The van der Waals surface area contributed by atoms with Crippen LogP contribution < -0.4 is 5.73 Å². The number of benzene rings is 2. The zero-order chi connectivity index (χ0) is 12.4. The van der Waals surface area contributed by atoms with Crippen LogP contribution in [-0.2, 0) is 13.0 Å². The predicted molar refractivity (Wildman–Crippen MR) is 79.0 cm³/mol. The lowest BCUT2D eigenvalue weighted by Crippen LogP contribution is -1.96. The Morgan fingerprint density at radius 1 is 0.889 bits per heavy atom. The molecular weight excluding hydrogens is 238 g/mol. The molecule has 2 aromatic carbocycles. The first-order valence-electron chi connectivity index (χ1n) is 6.10. The third-order valence-electron chi connectivity index (χ3n) is 3.21. The fraction of sp³-hybridized carbons (Fsp3) is 0.125. The predicted octanol–water partition coefficient (Wildman–Crippen LogP) is 3.95. The van der Waals surface area contributed by atoms with Crippen LogP contribution in [0, 0.1) is 0 Å².